The summed E-state index contributed by atoms with van der Waals surface area (Å²) >= 11 is 0. The Bertz CT molecular complexity index is 787. The van der Waals surface area contributed by atoms with Crippen LogP contribution in [0.15, 0.2) is 41.3 Å². The molecule has 0 bridgehead atoms. The number of para-hydroxylation sites is 1. The van der Waals surface area contributed by atoms with Crippen LogP contribution in [0, 0.1) is 6.92 Å². The number of rotatable bonds is 3. The van der Waals surface area contributed by atoms with Gasteiger partial charge in [0.1, 0.15) is 12.3 Å². The zero-order chi connectivity index (χ0) is 14.2. The van der Waals surface area contributed by atoms with Crippen molar-refractivity contribution in [3.8, 4) is 11.3 Å². The third kappa shape index (κ3) is 2.11. The predicted octanol–water partition coefficient (Wildman–Crippen LogP) is 2.86. The van der Waals surface area contributed by atoms with Crippen molar-refractivity contribution in [1.29, 1.82) is 0 Å². The van der Waals surface area contributed by atoms with Crippen LogP contribution in [-0.4, -0.2) is 21.1 Å². The summed E-state index contributed by atoms with van der Waals surface area (Å²) in [6.45, 7) is 3.49. The molecule has 0 unspecified atom stereocenters. The van der Waals surface area contributed by atoms with Crippen LogP contribution < -0.4 is 5.32 Å². The number of fused-ring (bicyclic) bond motifs is 1. The molecule has 0 spiro atoms. The average molecular weight is 280 g/mol. The lowest BCUT2D eigenvalue weighted by Crippen LogP contribution is -2.02. The molecule has 0 saturated carbocycles. The lowest BCUT2D eigenvalue weighted by Gasteiger charge is -2.11. The van der Waals surface area contributed by atoms with E-state index in [2.05, 4.69) is 38.1 Å². The molecule has 0 atom stereocenters. The number of aryl methyl sites for hydroxylation is 1. The topological polar surface area (TPSA) is 55.9 Å². The fourth-order valence-electron chi connectivity index (χ4n) is 2.84. The Hall–Kier alpha value is -2.56. The van der Waals surface area contributed by atoms with E-state index in [1.165, 1.54) is 16.8 Å². The van der Waals surface area contributed by atoms with Crippen molar-refractivity contribution < 1.29 is 4.42 Å². The molecule has 3 aromatic rings. The minimum atomic E-state index is 0.590. The van der Waals surface area contributed by atoms with Crippen molar-refractivity contribution in [2.75, 3.05) is 11.9 Å². The first kappa shape index (κ1) is 12.2. The fraction of sp³-hybridized carbons (Fsp3) is 0.250. The molecule has 0 aliphatic carbocycles. The molecular weight excluding hydrogens is 264 g/mol. The van der Waals surface area contributed by atoms with Crippen LogP contribution >= 0.6 is 0 Å². The summed E-state index contributed by atoms with van der Waals surface area (Å²) in [7, 11) is 0. The van der Waals surface area contributed by atoms with E-state index in [-0.39, 0.29) is 0 Å². The molecule has 106 valence electrons. The SMILES string of the molecule is Cc1cnc(Cn2cncc2-c2cccc3c2NCC3)o1. The Morgan fingerprint density at radius 3 is 3.14 bits per heavy atom. The molecule has 1 N–H and O–H groups in total. The second-order valence-electron chi connectivity index (χ2n) is 5.29. The van der Waals surface area contributed by atoms with Gasteiger partial charge in [0.15, 0.2) is 0 Å². The zero-order valence-electron chi connectivity index (χ0n) is 11.8. The number of aromatic nitrogens is 3. The highest BCUT2D eigenvalue weighted by molar-refractivity contribution is 5.79. The highest BCUT2D eigenvalue weighted by Gasteiger charge is 2.17. The molecule has 2 aromatic heterocycles. The van der Waals surface area contributed by atoms with Gasteiger partial charge in [0.2, 0.25) is 5.89 Å². The molecule has 0 radical (unpaired) electrons. The van der Waals surface area contributed by atoms with Crippen LogP contribution in [0.5, 0.6) is 0 Å². The van der Waals surface area contributed by atoms with Crippen molar-refractivity contribution in [1.82, 2.24) is 14.5 Å². The number of benzene rings is 1. The highest BCUT2D eigenvalue weighted by Crippen LogP contribution is 2.34. The molecule has 1 aliphatic heterocycles. The van der Waals surface area contributed by atoms with Gasteiger partial charge in [-0.3, -0.25) is 0 Å². The third-order valence-corrected chi connectivity index (χ3v) is 3.81. The minimum Gasteiger partial charge on any atom is -0.444 e. The molecule has 3 heterocycles. The molecule has 0 saturated heterocycles. The largest absolute Gasteiger partial charge is 0.444 e. The van der Waals surface area contributed by atoms with Crippen LogP contribution in [0.4, 0.5) is 5.69 Å². The standard InChI is InChI=1S/C16H16N4O/c1-11-7-19-15(21-11)9-20-10-17-8-14(20)13-4-2-3-12-5-6-18-16(12)13/h2-4,7-8,10,18H,5-6,9H2,1H3. The van der Waals surface area contributed by atoms with Gasteiger partial charge in [-0.25, -0.2) is 9.97 Å². The van der Waals surface area contributed by atoms with Gasteiger partial charge in [-0.05, 0) is 18.9 Å². The first-order valence-electron chi connectivity index (χ1n) is 7.09. The molecule has 5 heteroatoms. The lowest BCUT2D eigenvalue weighted by molar-refractivity contribution is 0.458. The molecule has 0 fully saturated rings. The summed E-state index contributed by atoms with van der Waals surface area (Å²) in [5.74, 6) is 1.53. The van der Waals surface area contributed by atoms with Crippen molar-refractivity contribution >= 4 is 5.69 Å². The summed E-state index contributed by atoms with van der Waals surface area (Å²) < 4.78 is 7.64. The van der Waals surface area contributed by atoms with Crippen LogP contribution in [0.25, 0.3) is 11.3 Å². The van der Waals surface area contributed by atoms with E-state index in [1.54, 1.807) is 6.20 Å². The number of hydrogen-bond acceptors (Lipinski definition) is 4. The van der Waals surface area contributed by atoms with E-state index in [4.69, 9.17) is 4.42 Å². The van der Waals surface area contributed by atoms with E-state index < -0.39 is 0 Å². The molecule has 1 aliphatic rings. The monoisotopic (exact) mass is 280 g/mol. The lowest BCUT2D eigenvalue weighted by atomic mass is 10.1. The van der Waals surface area contributed by atoms with Crippen molar-refractivity contribution in [3.63, 3.8) is 0 Å². The summed E-state index contributed by atoms with van der Waals surface area (Å²) in [4.78, 5) is 8.56. The molecule has 21 heavy (non-hydrogen) atoms. The number of hydrogen-bond donors (Lipinski definition) is 1. The molecule has 5 nitrogen and oxygen atoms in total. The Kier molecular flexibility index (Phi) is 2.77. The molecule has 4 rings (SSSR count). The summed E-state index contributed by atoms with van der Waals surface area (Å²) in [5, 5.41) is 3.47. The normalized spacial score (nSPS) is 13.2. The third-order valence-electron chi connectivity index (χ3n) is 3.81. The molecule has 1 aromatic carbocycles. The molecular formula is C16H16N4O. The van der Waals surface area contributed by atoms with Crippen molar-refractivity contribution in [2.45, 2.75) is 19.9 Å². The van der Waals surface area contributed by atoms with Gasteiger partial charge in [0, 0.05) is 17.8 Å². The van der Waals surface area contributed by atoms with E-state index in [9.17, 15) is 0 Å². The van der Waals surface area contributed by atoms with Gasteiger partial charge in [0.05, 0.1) is 24.4 Å². The van der Waals surface area contributed by atoms with Gasteiger partial charge in [-0.1, -0.05) is 18.2 Å². The Morgan fingerprint density at radius 1 is 1.33 bits per heavy atom. The van der Waals surface area contributed by atoms with E-state index in [0.717, 1.165) is 24.4 Å². The van der Waals surface area contributed by atoms with Gasteiger partial charge in [-0.2, -0.15) is 0 Å². The van der Waals surface area contributed by atoms with Gasteiger partial charge >= 0.3 is 0 Å². The second kappa shape index (κ2) is 4.77. The summed E-state index contributed by atoms with van der Waals surface area (Å²) in [6, 6.07) is 6.41. The van der Waals surface area contributed by atoms with Crippen LogP contribution in [-0.2, 0) is 13.0 Å². The first-order chi connectivity index (χ1) is 10.3. The number of imidazole rings is 1. The first-order valence-corrected chi connectivity index (χ1v) is 7.09. The number of anilines is 1. The van der Waals surface area contributed by atoms with E-state index in [1.807, 2.05) is 19.4 Å². The smallest absolute Gasteiger partial charge is 0.214 e. The Morgan fingerprint density at radius 2 is 2.29 bits per heavy atom. The predicted molar refractivity (Wildman–Crippen MR) is 80.2 cm³/mol. The number of oxazole rings is 1. The molecule has 0 amide bonds. The maximum Gasteiger partial charge on any atom is 0.214 e. The quantitative estimate of drug-likeness (QED) is 0.801. The maximum atomic E-state index is 5.56. The van der Waals surface area contributed by atoms with E-state index in [0.29, 0.717) is 12.4 Å². The number of nitrogens with zero attached hydrogens (tertiary/aromatic N) is 3. The van der Waals surface area contributed by atoms with Crippen molar-refractivity contribution in [2.24, 2.45) is 0 Å². The van der Waals surface area contributed by atoms with Crippen LogP contribution in [0.3, 0.4) is 0 Å². The van der Waals surface area contributed by atoms with E-state index >= 15 is 0 Å². The van der Waals surface area contributed by atoms with Gasteiger partial charge in [-0.15, -0.1) is 0 Å². The average Bonchev–Trinajstić information content (AvgIpc) is 3.19. The summed E-state index contributed by atoms with van der Waals surface area (Å²) in [6.07, 6.45) is 6.54. The van der Waals surface area contributed by atoms with Gasteiger partial charge < -0.3 is 14.3 Å². The zero-order valence-corrected chi connectivity index (χ0v) is 11.8. The Labute approximate surface area is 122 Å². The maximum absolute atomic E-state index is 5.56. The highest BCUT2D eigenvalue weighted by atomic mass is 16.4. The minimum absolute atomic E-state index is 0.590. The van der Waals surface area contributed by atoms with Crippen LogP contribution in [0.1, 0.15) is 17.2 Å². The fourth-order valence-corrected chi connectivity index (χ4v) is 2.84. The summed E-state index contributed by atoms with van der Waals surface area (Å²) in [5.41, 5.74) is 4.86. The number of nitrogens with one attached hydrogen (secondary N) is 1. The van der Waals surface area contributed by atoms with Gasteiger partial charge in [0.25, 0.3) is 0 Å². The van der Waals surface area contributed by atoms with Crippen LogP contribution in [0.2, 0.25) is 0 Å². The second-order valence-corrected chi connectivity index (χ2v) is 5.29. The van der Waals surface area contributed by atoms with Crippen molar-refractivity contribution in [3.05, 3.63) is 54.1 Å². The Balaban J connectivity index is 1.74.